The minimum Gasteiger partial charge on any atom is -0.465 e. The lowest BCUT2D eigenvalue weighted by atomic mass is 10.3. The van der Waals surface area contributed by atoms with Crippen molar-refractivity contribution >= 4 is 0 Å². The van der Waals surface area contributed by atoms with Crippen LogP contribution in [-0.2, 0) is 13.0 Å². The highest BCUT2D eigenvalue weighted by molar-refractivity contribution is 5.07. The summed E-state index contributed by atoms with van der Waals surface area (Å²) in [5, 5.41) is 8.97. The topological polar surface area (TPSA) is 36.6 Å². The third kappa shape index (κ3) is 2.83. The Morgan fingerprint density at radius 3 is 2.67 bits per heavy atom. The summed E-state index contributed by atoms with van der Waals surface area (Å²) in [5.41, 5.74) is 0. The molecule has 1 heterocycles. The lowest BCUT2D eigenvalue weighted by molar-refractivity contribution is 0.173. The SMILES string of the molecule is CCc1ccc(CN(CCO)C2CC2)o1. The third-order valence-corrected chi connectivity index (χ3v) is 2.88. The molecule has 84 valence electrons. The molecule has 1 aliphatic rings. The zero-order valence-corrected chi connectivity index (χ0v) is 9.28. The van der Waals surface area contributed by atoms with Crippen molar-refractivity contribution in [3.05, 3.63) is 23.7 Å². The average molecular weight is 209 g/mol. The first-order valence-electron chi connectivity index (χ1n) is 5.76. The van der Waals surface area contributed by atoms with Gasteiger partial charge in [0.25, 0.3) is 0 Å². The van der Waals surface area contributed by atoms with Crippen molar-refractivity contribution in [1.29, 1.82) is 0 Å². The lowest BCUT2D eigenvalue weighted by Crippen LogP contribution is -2.28. The molecule has 2 rings (SSSR count). The molecular formula is C12H19NO2. The second kappa shape index (κ2) is 4.81. The van der Waals surface area contributed by atoms with Gasteiger partial charge in [0.1, 0.15) is 11.5 Å². The van der Waals surface area contributed by atoms with Crippen LogP contribution in [0.4, 0.5) is 0 Å². The summed E-state index contributed by atoms with van der Waals surface area (Å²) in [4.78, 5) is 2.30. The van der Waals surface area contributed by atoms with E-state index in [0.717, 1.165) is 31.0 Å². The Kier molecular flexibility index (Phi) is 3.44. The quantitative estimate of drug-likeness (QED) is 0.776. The molecule has 1 aromatic rings. The fourth-order valence-corrected chi connectivity index (χ4v) is 1.86. The molecule has 0 amide bonds. The van der Waals surface area contributed by atoms with Gasteiger partial charge in [-0.2, -0.15) is 0 Å². The normalized spacial score (nSPS) is 16.2. The summed E-state index contributed by atoms with van der Waals surface area (Å²) in [7, 11) is 0. The predicted molar refractivity (Wildman–Crippen MR) is 58.6 cm³/mol. The van der Waals surface area contributed by atoms with Gasteiger partial charge >= 0.3 is 0 Å². The zero-order valence-electron chi connectivity index (χ0n) is 9.28. The van der Waals surface area contributed by atoms with Crippen LogP contribution < -0.4 is 0 Å². The van der Waals surface area contributed by atoms with Gasteiger partial charge in [0, 0.05) is 19.0 Å². The van der Waals surface area contributed by atoms with Crippen molar-refractivity contribution in [2.45, 2.75) is 38.8 Å². The van der Waals surface area contributed by atoms with Gasteiger partial charge in [0.2, 0.25) is 0 Å². The molecule has 0 atom stereocenters. The van der Waals surface area contributed by atoms with Gasteiger partial charge in [-0.15, -0.1) is 0 Å². The van der Waals surface area contributed by atoms with Crippen LogP contribution in [0, 0.1) is 0 Å². The van der Waals surface area contributed by atoms with Gasteiger partial charge in [-0.3, -0.25) is 4.90 Å². The molecule has 0 aromatic carbocycles. The van der Waals surface area contributed by atoms with Gasteiger partial charge in [-0.1, -0.05) is 6.92 Å². The van der Waals surface area contributed by atoms with Crippen LogP contribution in [0.2, 0.25) is 0 Å². The van der Waals surface area contributed by atoms with Crippen LogP contribution in [-0.4, -0.2) is 29.2 Å². The van der Waals surface area contributed by atoms with E-state index in [9.17, 15) is 0 Å². The Morgan fingerprint density at radius 1 is 1.40 bits per heavy atom. The molecule has 0 aliphatic heterocycles. The van der Waals surface area contributed by atoms with E-state index >= 15 is 0 Å². The molecule has 3 nitrogen and oxygen atoms in total. The van der Waals surface area contributed by atoms with Crippen LogP contribution in [0.5, 0.6) is 0 Å². The lowest BCUT2D eigenvalue weighted by Gasteiger charge is -2.19. The van der Waals surface area contributed by atoms with E-state index in [1.807, 2.05) is 12.1 Å². The summed E-state index contributed by atoms with van der Waals surface area (Å²) in [6.45, 7) is 3.92. The van der Waals surface area contributed by atoms with E-state index in [-0.39, 0.29) is 6.61 Å². The van der Waals surface area contributed by atoms with Crippen molar-refractivity contribution in [1.82, 2.24) is 4.90 Å². The molecule has 1 aromatic heterocycles. The van der Waals surface area contributed by atoms with Gasteiger partial charge < -0.3 is 9.52 Å². The zero-order chi connectivity index (χ0) is 10.7. The Morgan fingerprint density at radius 2 is 2.13 bits per heavy atom. The van der Waals surface area contributed by atoms with E-state index in [1.165, 1.54) is 12.8 Å². The van der Waals surface area contributed by atoms with Gasteiger partial charge in [-0.05, 0) is 25.0 Å². The molecule has 1 saturated carbocycles. The molecule has 1 N–H and O–H groups in total. The third-order valence-electron chi connectivity index (χ3n) is 2.88. The minimum absolute atomic E-state index is 0.234. The number of aliphatic hydroxyl groups is 1. The number of aliphatic hydroxyl groups excluding tert-OH is 1. The Bertz CT molecular complexity index is 304. The molecule has 3 heteroatoms. The standard InChI is InChI=1S/C12H19NO2/c1-2-11-5-6-12(15-11)9-13(7-8-14)10-3-4-10/h5-6,10,14H,2-4,7-9H2,1H3. The number of aryl methyl sites for hydroxylation is 1. The monoisotopic (exact) mass is 209 g/mol. The molecule has 0 saturated heterocycles. The summed E-state index contributed by atoms with van der Waals surface area (Å²) in [6.07, 6.45) is 3.48. The highest BCUT2D eigenvalue weighted by atomic mass is 16.3. The molecule has 1 fully saturated rings. The second-order valence-corrected chi connectivity index (χ2v) is 4.15. The summed E-state index contributed by atoms with van der Waals surface area (Å²) >= 11 is 0. The van der Waals surface area contributed by atoms with Crippen molar-refractivity contribution < 1.29 is 9.52 Å². The Hall–Kier alpha value is -0.800. The number of furan rings is 1. The maximum absolute atomic E-state index is 8.97. The Balaban J connectivity index is 1.92. The molecule has 15 heavy (non-hydrogen) atoms. The smallest absolute Gasteiger partial charge is 0.118 e. The van der Waals surface area contributed by atoms with Crippen molar-refractivity contribution in [3.8, 4) is 0 Å². The Labute approximate surface area is 90.7 Å². The maximum Gasteiger partial charge on any atom is 0.118 e. The second-order valence-electron chi connectivity index (χ2n) is 4.15. The predicted octanol–water partition coefficient (Wildman–Crippen LogP) is 1.80. The van der Waals surface area contributed by atoms with Gasteiger partial charge in [0.05, 0.1) is 13.2 Å². The first kappa shape index (κ1) is 10.7. The molecule has 0 bridgehead atoms. The largest absolute Gasteiger partial charge is 0.465 e. The van der Waals surface area contributed by atoms with Crippen LogP contribution in [0.1, 0.15) is 31.3 Å². The summed E-state index contributed by atoms with van der Waals surface area (Å²) in [6, 6.07) is 4.76. The first-order chi connectivity index (χ1) is 7.33. The number of rotatable bonds is 6. The van der Waals surface area contributed by atoms with E-state index < -0.39 is 0 Å². The first-order valence-corrected chi connectivity index (χ1v) is 5.76. The highest BCUT2D eigenvalue weighted by Crippen LogP contribution is 2.28. The van der Waals surface area contributed by atoms with E-state index in [4.69, 9.17) is 9.52 Å². The molecule has 0 unspecified atom stereocenters. The minimum atomic E-state index is 0.234. The van der Waals surface area contributed by atoms with Crippen molar-refractivity contribution in [2.24, 2.45) is 0 Å². The van der Waals surface area contributed by atoms with Gasteiger partial charge in [0.15, 0.2) is 0 Å². The fourth-order valence-electron chi connectivity index (χ4n) is 1.86. The fraction of sp³-hybridized carbons (Fsp3) is 0.667. The highest BCUT2D eigenvalue weighted by Gasteiger charge is 2.28. The number of hydrogen-bond donors (Lipinski definition) is 1. The van der Waals surface area contributed by atoms with Crippen LogP contribution in [0.25, 0.3) is 0 Å². The van der Waals surface area contributed by atoms with Crippen LogP contribution in [0.15, 0.2) is 16.5 Å². The van der Waals surface area contributed by atoms with E-state index in [0.29, 0.717) is 6.04 Å². The van der Waals surface area contributed by atoms with Gasteiger partial charge in [-0.25, -0.2) is 0 Å². The van der Waals surface area contributed by atoms with E-state index in [2.05, 4.69) is 11.8 Å². The summed E-state index contributed by atoms with van der Waals surface area (Å²) in [5.74, 6) is 2.07. The number of hydrogen-bond acceptors (Lipinski definition) is 3. The molecule has 1 aliphatic carbocycles. The molecule has 0 radical (unpaired) electrons. The maximum atomic E-state index is 8.97. The van der Waals surface area contributed by atoms with Crippen molar-refractivity contribution in [3.63, 3.8) is 0 Å². The van der Waals surface area contributed by atoms with E-state index in [1.54, 1.807) is 0 Å². The molecular weight excluding hydrogens is 190 g/mol. The molecule has 0 spiro atoms. The van der Waals surface area contributed by atoms with Crippen LogP contribution >= 0.6 is 0 Å². The number of nitrogens with zero attached hydrogens (tertiary/aromatic N) is 1. The van der Waals surface area contributed by atoms with Crippen molar-refractivity contribution in [2.75, 3.05) is 13.2 Å². The van der Waals surface area contributed by atoms with Crippen LogP contribution in [0.3, 0.4) is 0 Å². The average Bonchev–Trinajstić information content (AvgIpc) is 2.99. The summed E-state index contributed by atoms with van der Waals surface area (Å²) < 4.78 is 5.66.